The van der Waals surface area contributed by atoms with Crippen LogP contribution in [-0.4, -0.2) is 18.4 Å². The zero-order valence-corrected chi connectivity index (χ0v) is 14.9. The molecule has 2 rings (SSSR count). The van der Waals surface area contributed by atoms with Crippen molar-refractivity contribution in [3.05, 3.63) is 65.2 Å². The van der Waals surface area contributed by atoms with Gasteiger partial charge >= 0.3 is 0 Å². The second kappa shape index (κ2) is 9.47. The molecule has 0 spiro atoms. The molecule has 0 saturated heterocycles. The molecule has 4 N–H and O–H groups in total. The van der Waals surface area contributed by atoms with Gasteiger partial charge in [-0.15, -0.1) is 0 Å². The lowest BCUT2D eigenvalue weighted by Crippen LogP contribution is -2.24. The largest absolute Gasteiger partial charge is 0.370 e. The molecule has 1 amide bonds. The highest BCUT2D eigenvalue weighted by molar-refractivity contribution is 5.94. The van der Waals surface area contributed by atoms with E-state index < -0.39 is 0 Å². The molecule has 0 atom stereocenters. The van der Waals surface area contributed by atoms with E-state index in [0.29, 0.717) is 24.6 Å². The molecule has 0 saturated carbocycles. The highest BCUT2D eigenvalue weighted by Crippen LogP contribution is 2.11. The van der Waals surface area contributed by atoms with Gasteiger partial charge in [-0.2, -0.15) is 0 Å². The number of aliphatic imine (C=N–C) groups is 1. The van der Waals surface area contributed by atoms with Crippen molar-refractivity contribution in [2.45, 2.75) is 33.2 Å². The van der Waals surface area contributed by atoms with Gasteiger partial charge < -0.3 is 16.4 Å². The maximum atomic E-state index is 12.0. The maximum absolute atomic E-state index is 12.0. The number of carbonyl (C=O) groups is 1. The number of anilines is 1. The fourth-order valence-corrected chi connectivity index (χ4v) is 2.38. The highest BCUT2D eigenvalue weighted by atomic mass is 16.1. The smallest absolute Gasteiger partial charge is 0.251 e. The fourth-order valence-electron chi connectivity index (χ4n) is 2.38. The highest BCUT2D eigenvalue weighted by Gasteiger charge is 2.05. The van der Waals surface area contributed by atoms with Crippen molar-refractivity contribution >= 4 is 17.6 Å². The first kappa shape index (κ1) is 18.5. The second-order valence-electron chi connectivity index (χ2n) is 5.84. The Morgan fingerprint density at radius 2 is 1.84 bits per heavy atom. The van der Waals surface area contributed by atoms with Gasteiger partial charge in [-0.3, -0.25) is 4.79 Å². The minimum absolute atomic E-state index is 0.0600. The van der Waals surface area contributed by atoms with Crippen LogP contribution < -0.4 is 16.4 Å². The molecule has 0 heterocycles. The summed E-state index contributed by atoms with van der Waals surface area (Å²) in [5.74, 6) is 0.296. The monoisotopic (exact) mass is 338 g/mol. The fraction of sp³-hybridized carbons (Fsp3) is 0.300. The predicted molar refractivity (Wildman–Crippen MR) is 104 cm³/mol. The van der Waals surface area contributed by atoms with E-state index in [2.05, 4.69) is 34.7 Å². The lowest BCUT2D eigenvalue weighted by molar-refractivity contribution is 0.0953. The number of nitrogens with two attached hydrogens (primary N) is 1. The number of nitrogens with zero attached hydrogens (tertiary/aromatic N) is 1. The summed E-state index contributed by atoms with van der Waals surface area (Å²) in [5.41, 5.74) is 9.71. The second-order valence-corrected chi connectivity index (χ2v) is 5.84. The summed E-state index contributed by atoms with van der Waals surface area (Å²) in [5, 5.41) is 5.97. The minimum atomic E-state index is -0.0600. The molecule has 0 fully saturated rings. The number of hydrogen-bond acceptors (Lipinski definition) is 2. The van der Waals surface area contributed by atoms with Gasteiger partial charge in [0.15, 0.2) is 5.96 Å². The van der Waals surface area contributed by atoms with E-state index in [-0.39, 0.29) is 5.91 Å². The Morgan fingerprint density at radius 1 is 1.08 bits per heavy atom. The first-order valence-electron chi connectivity index (χ1n) is 8.65. The molecule has 0 aliphatic rings. The number of benzene rings is 2. The van der Waals surface area contributed by atoms with Crippen LogP contribution in [0.1, 0.15) is 41.8 Å². The summed E-state index contributed by atoms with van der Waals surface area (Å²) in [6.07, 6.45) is 1.89. The Hall–Kier alpha value is -2.82. The van der Waals surface area contributed by atoms with E-state index in [1.54, 1.807) is 6.07 Å². The third-order valence-electron chi connectivity index (χ3n) is 3.76. The van der Waals surface area contributed by atoms with Crippen LogP contribution in [0.3, 0.4) is 0 Å². The number of aryl methyl sites for hydroxylation is 1. The molecule has 2 aromatic rings. The van der Waals surface area contributed by atoms with E-state index in [1.165, 1.54) is 5.56 Å². The molecule has 0 radical (unpaired) electrons. The number of amides is 1. The van der Waals surface area contributed by atoms with Crippen molar-refractivity contribution in [1.82, 2.24) is 5.32 Å². The normalized spacial score (nSPS) is 11.2. The average Bonchev–Trinajstić information content (AvgIpc) is 2.64. The van der Waals surface area contributed by atoms with Gasteiger partial charge in [0.25, 0.3) is 5.91 Å². The molecule has 0 aliphatic carbocycles. The standard InChI is InChI=1S/C20H26N4O/c1-3-11-22-19(25)17-9-5-8-16(12-17)14-23-20(21)24-18-10-6-7-15(4-2)13-18/h5-10,12-13H,3-4,11,14H2,1-2H3,(H,22,25)(H3,21,23,24). The van der Waals surface area contributed by atoms with Crippen molar-refractivity contribution in [3.63, 3.8) is 0 Å². The third-order valence-corrected chi connectivity index (χ3v) is 3.76. The molecule has 25 heavy (non-hydrogen) atoms. The first-order valence-corrected chi connectivity index (χ1v) is 8.65. The molecule has 0 aliphatic heterocycles. The SMILES string of the molecule is CCCNC(=O)c1cccc(CN=C(N)Nc2cccc(CC)c2)c1. The summed E-state index contributed by atoms with van der Waals surface area (Å²) in [6, 6.07) is 15.5. The zero-order chi connectivity index (χ0) is 18.1. The van der Waals surface area contributed by atoms with Gasteiger partial charge in [0.2, 0.25) is 0 Å². The first-order chi connectivity index (χ1) is 12.1. The third kappa shape index (κ3) is 5.95. The summed E-state index contributed by atoms with van der Waals surface area (Å²) in [6.45, 7) is 5.23. The number of rotatable bonds is 7. The van der Waals surface area contributed by atoms with Gasteiger partial charge in [0.1, 0.15) is 0 Å². The lowest BCUT2D eigenvalue weighted by atomic mass is 10.1. The molecule has 132 valence electrons. The molecule has 5 heteroatoms. The van der Waals surface area contributed by atoms with Crippen molar-refractivity contribution < 1.29 is 4.79 Å². The van der Waals surface area contributed by atoms with Crippen LogP contribution in [0.2, 0.25) is 0 Å². The van der Waals surface area contributed by atoms with Crippen LogP contribution in [-0.2, 0) is 13.0 Å². The molecule has 0 unspecified atom stereocenters. The molecular formula is C20H26N4O. The summed E-state index contributed by atoms with van der Waals surface area (Å²) in [7, 11) is 0. The quantitative estimate of drug-likeness (QED) is 0.535. The Labute approximate surface area is 149 Å². The summed E-state index contributed by atoms with van der Waals surface area (Å²) in [4.78, 5) is 16.4. The van der Waals surface area contributed by atoms with Gasteiger partial charge in [0.05, 0.1) is 6.54 Å². The van der Waals surface area contributed by atoms with Crippen LogP contribution in [0.15, 0.2) is 53.5 Å². The Morgan fingerprint density at radius 3 is 2.60 bits per heavy atom. The minimum Gasteiger partial charge on any atom is -0.370 e. The van der Waals surface area contributed by atoms with Crippen molar-refractivity contribution in [1.29, 1.82) is 0 Å². The average molecular weight is 338 g/mol. The molecule has 0 bridgehead atoms. The van der Waals surface area contributed by atoms with Crippen molar-refractivity contribution in [2.75, 3.05) is 11.9 Å². The maximum Gasteiger partial charge on any atom is 0.251 e. The molecule has 2 aromatic carbocycles. The number of hydrogen-bond donors (Lipinski definition) is 3. The van der Waals surface area contributed by atoms with E-state index in [9.17, 15) is 4.79 Å². The molecule has 5 nitrogen and oxygen atoms in total. The Kier molecular flexibility index (Phi) is 7.01. The topological polar surface area (TPSA) is 79.5 Å². The van der Waals surface area contributed by atoms with E-state index in [0.717, 1.165) is 24.1 Å². The number of carbonyl (C=O) groups excluding carboxylic acids is 1. The van der Waals surface area contributed by atoms with Crippen LogP contribution in [0, 0.1) is 0 Å². The zero-order valence-electron chi connectivity index (χ0n) is 14.9. The van der Waals surface area contributed by atoms with Crippen LogP contribution in [0.5, 0.6) is 0 Å². The predicted octanol–water partition coefficient (Wildman–Crippen LogP) is 3.32. The summed E-state index contributed by atoms with van der Waals surface area (Å²) < 4.78 is 0. The van der Waals surface area contributed by atoms with Gasteiger partial charge in [-0.1, -0.05) is 38.1 Å². The lowest BCUT2D eigenvalue weighted by Gasteiger charge is -2.08. The molecule has 0 aromatic heterocycles. The van der Waals surface area contributed by atoms with Gasteiger partial charge in [-0.25, -0.2) is 4.99 Å². The van der Waals surface area contributed by atoms with Crippen LogP contribution in [0.25, 0.3) is 0 Å². The van der Waals surface area contributed by atoms with Gasteiger partial charge in [-0.05, 0) is 48.2 Å². The number of nitrogens with one attached hydrogen (secondary N) is 2. The van der Waals surface area contributed by atoms with Crippen LogP contribution >= 0.6 is 0 Å². The van der Waals surface area contributed by atoms with Crippen molar-refractivity contribution in [2.24, 2.45) is 10.7 Å². The van der Waals surface area contributed by atoms with E-state index in [1.807, 2.05) is 37.3 Å². The molecular weight excluding hydrogens is 312 g/mol. The summed E-state index contributed by atoms with van der Waals surface area (Å²) >= 11 is 0. The van der Waals surface area contributed by atoms with Crippen molar-refractivity contribution in [3.8, 4) is 0 Å². The van der Waals surface area contributed by atoms with Gasteiger partial charge in [0, 0.05) is 17.8 Å². The van der Waals surface area contributed by atoms with Crippen LogP contribution in [0.4, 0.5) is 5.69 Å². The Bertz CT molecular complexity index is 740. The Balaban J connectivity index is 1.99. The van der Waals surface area contributed by atoms with E-state index >= 15 is 0 Å². The number of guanidine groups is 1. The van der Waals surface area contributed by atoms with E-state index in [4.69, 9.17) is 5.73 Å².